The maximum absolute atomic E-state index is 14.6. The minimum Gasteiger partial charge on any atom is -0.493 e. The second-order valence-electron chi connectivity index (χ2n) is 9.68. The molecule has 0 saturated heterocycles. The summed E-state index contributed by atoms with van der Waals surface area (Å²) in [5.41, 5.74) is -2.22. The molecule has 1 N–H and O–H groups in total. The topological polar surface area (TPSA) is 123 Å². The van der Waals surface area contributed by atoms with Crippen molar-refractivity contribution in [3.05, 3.63) is 81.8 Å². The van der Waals surface area contributed by atoms with Gasteiger partial charge in [0.05, 0.1) is 31.4 Å². The monoisotopic (exact) mass is 650 g/mol. The molecule has 3 aromatic carbocycles. The van der Waals surface area contributed by atoms with Gasteiger partial charge >= 0.3 is 5.97 Å². The third kappa shape index (κ3) is 5.50. The number of anilines is 1. The van der Waals surface area contributed by atoms with Crippen molar-refractivity contribution in [2.24, 2.45) is 0 Å². The van der Waals surface area contributed by atoms with Crippen molar-refractivity contribution in [2.75, 3.05) is 31.7 Å². The van der Waals surface area contributed by atoms with Gasteiger partial charge in [0.2, 0.25) is 0 Å². The zero-order valence-electron chi connectivity index (χ0n) is 24.2. The molecule has 0 aromatic heterocycles. The molecule has 0 saturated carbocycles. The molecule has 1 amide bonds. The van der Waals surface area contributed by atoms with Crippen molar-refractivity contribution in [1.82, 2.24) is 4.90 Å². The Morgan fingerprint density at radius 3 is 2.28 bits per heavy atom. The number of nitrogens with zero attached hydrogens (tertiary/aromatic N) is 2. The van der Waals surface area contributed by atoms with E-state index in [1.165, 1.54) is 69.7 Å². The summed E-state index contributed by atoms with van der Waals surface area (Å²) >= 11 is 13.0. The number of carbonyl (C=O) groups is 2. The first kappa shape index (κ1) is 32.4. The van der Waals surface area contributed by atoms with Gasteiger partial charge in [0, 0.05) is 33.8 Å². The number of halogens is 2. The van der Waals surface area contributed by atoms with Crippen molar-refractivity contribution >= 4 is 50.8 Å². The molecule has 4 rings (SSSR count). The van der Waals surface area contributed by atoms with E-state index in [0.29, 0.717) is 0 Å². The summed E-state index contributed by atoms with van der Waals surface area (Å²) in [6.07, 6.45) is 0. The number of carbonyl (C=O) groups excluding carboxylic acids is 2. The SMILES string of the molecule is CCOC(=O)[C@H](C)N(CC)C(=O)C1N(S(=O)(=O)c2ccc(OC)c(OC)c2)c2ccc(Cl)cc2C1(O)c1ccccc1Cl. The number of rotatable bonds is 10. The molecule has 230 valence electrons. The van der Waals surface area contributed by atoms with Crippen molar-refractivity contribution in [3.8, 4) is 11.5 Å². The Hall–Kier alpha value is -3.51. The van der Waals surface area contributed by atoms with E-state index in [4.69, 9.17) is 37.4 Å². The van der Waals surface area contributed by atoms with Crippen LogP contribution in [0.15, 0.2) is 65.6 Å². The Balaban J connectivity index is 2.05. The van der Waals surface area contributed by atoms with E-state index in [1.807, 2.05) is 0 Å². The van der Waals surface area contributed by atoms with Crippen molar-refractivity contribution in [1.29, 1.82) is 0 Å². The number of aliphatic hydroxyl groups is 1. The summed E-state index contributed by atoms with van der Waals surface area (Å²) in [5, 5.41) is 13.0. The van der Waals surface area contributed by atoms with Gasteiger partial charge in [-0.3, -0.25) is 4.79 Å². The van der Waals surface area contributed by atoms with Crippen LogP contribution in [0.3, 0.4) is 0 Å². The molecule has 0 bridgehead atoms. The lowest BCUT2D eigenvalue weighted by molar-refractivity contribution is -0.155. The molecule has 0 aliphatic carbocycles. The van der Waals surface area contributed by atoms with Gasteiger partial charge in [-0.15, -0.1) is 0 Å². The predicted octanol–water partition coefficient (Wildman–Crippen LogP) is 4.62. The fourth-order valence-electron chi connectivity index (χ4n) is 5.33. The first-order valence-corrected chi connectivity index (χ1v) is 15.6. The molecule has 43 heavy (non-hydrogen) atoms. The molecule has 13 heteroatoms. The van der Waals surface area contributed by atoms with E-state index < -0.39 is 39.6 Å². The predicted molar refractivity (Wildman–Crippen MR) is 162 cm³/mol. The molecule has 2 unspecified atom stereocenters. The number of hydrogen-bond acceptors (Lipinski definition) is 8. The second-order valence-corrected chi connectivity index (χ2v) is 12.3. The number of esters is 1. The zero-order chi connectivity index (χ0) is 31.7. The van der Waals surface area contributed by atoms with E-state index in [-0.39, 0.29) is 56.4 Å². The Bertz CT molecular complexity index is 1650. The Morgan fingerprint density at radius 2 is 1.67 bits per heavy atom. The number of ether oxygens (including phenoxy) is 3. The van der Waals surface area contributed by atoms with Crippen LogP contribution in [-0.4, -0.2) is 69.8 Å². The molecule has 1 aliphatic rings. The van der Waals surface area contributed by atoms with Gasteiger partial charge < -0.3 is 24.2 Å². The number of likely N-dealkylation sites (N-methyl/N-ethyl adjacent to an activating group) is 1. The van der Waals surface area contributed by atoms with Crippen molar-refractivity contribution < 1.29 is 37.3 Å². The molecule has 1 aliphatic heterocycles. The average Bonchev–Trinajstić information content (AvgIpc) is 3.26. The van der Waals surface area contributed by atoms with E-state index in [9.17, 15) is 23.1 Å². The van der Waals surface area contributed by atoms with Gasteiger partial charge in [0.15, 0.2) is 17.5 Å². The van der Waals surface area contributed by atoms with Crippen LogP contribution in [0.1, 0.15) is 31.9 Å². The fourth-order valence-corrected chi connectivity index (χ4v) is 7.44. The number of methoxy groups -OCH3 is 2. The van der Waals surface area contributed by atoms with Crippen molar-refractivity contribution in [2.45, 2.75) is 43.4 Å². The Labute approximate surface area is 260 Å². The van der Waals surface area contributed by atoms with Gasteiger partial charge in [-0.25, -0.2) is 17.5 Å². The van der Waals surface area contributed by atoms with Crippen LogP contribution in [0.25, 0.3) is 0 Å². The summed E-state index contributed by atoms with van der Waals surface area (Å²) in [4.78, 5) is 28.3. The van der Waals surface area contributed by atoms with Crippen molar-refractivity contribution in [3.63, 3.8) is 0 Å². The van der Waals surface area contributed by atoms with Crippen LogP contribution < -0.4 is 13.8 Å². The normalized spacial score (nSPS) is 18.5. The maximum atomic E-state index is 14.6. The van der Waals surface area contributed by atoms with Gasteiger partial charge in [0.1, 0.15) is 11.6 Å². The lowest BCUT2D eigenvalue weighted by atomic mass is 9.82. The average molecular weight is 652 g/mol. The summed E-state index contributed by atoms with van der Waals surface area (Å²) < 4.78 is 45.8. The van der Waals surface area contributed by atoms with Gasteiger partial charge in [-0.2, -0.15) is 0 Å². The molecule has 3 aromatic rings. The van der Waals surface area contributed by atoms with E-state index in [2.05, 4.69) is 0 Å². The first-order chi connectivity index (χ1) is 20.4. The van der Waals surface area contributed by atoms with Crippen LogP contribution in [0, 0.1) is 0 Å². The third-order valence-corrected chi connectivity index (χ3v) is 9.73. The first-order valence-electron chi connectivity index (χ1n) is 13.4. The fraction of sp³-hybridized carbons (Fsp3) is 0.333. The Morgan fingerprint density at radius 1 is 1.00 bits per heavy atom. The molecule has 0 spiro atoms. The highest BCUT2D eigenvalue weighted by Gasteiger charge is 2.60. The number of benzene rings is 3. The molecule has 0 fully saturated rings. The van der Waals surface area contributed by atoms with Crippen LogP contribution in [0.5, 0.6) is 11.5 Å². The minimum absolute atomic E-state index is 0.000189. The molecular weight excluding hydrogens is 619 g/mol. The maximum Gasteiger partial charge on any atom is 0.328 e. The highest BCUT2D eigenvalue weighted by atomic mass is 35.5. The number of amides is 1. The van der Waals surface area contributed by atoms with Crippen LogP contribution in [0.4, 0.5) is 5.69 Å². The summed E-state index contributed by atoms with van der Waals surface area (Å²) in [5.74, 6) is -1.13. The molecule has 0 radical (unpaired) electrons. The van der Waals surface area contributed by atoms with Gasteiger partial charge in [0.25, 0.3) is 15.9 Å². The summed E-state index contributed by atoms with van der Waals surface area (Å²) in [6.45, 7) is 4.81. The largest absolute Gasteiger partial charge is 0.493 e. The van der Waals surface area contributed by atoms with Crippen LogP contribution in [-0.2, 0) is 30.0 Å². The minimum atomic E-state index is -4.62. The summed E-state index contributed by atoms with van der Waals surface area (Å²) in [7, 11) is -1.85. The Kier molecular flexibility index (Phi) is 9.51. The van der Waals surface area contributed by atoms with E-state index in [0.717, 1.165) is 9.21 Å². The summed E-state index contributed by atoms with van der Waals surface area (Å²) in [6, 6.07) is 11.6. The van der Waals surface area contributed by atoms with E-state index in [1.54, 1.807) is 26.0 Å². The number of hydrogen-bond donors (Lipinski definition) is 1. The smallest absolute Gasteiger partial charge is 0.328 e. The molecular formula is C30H32Cl2N2O8S. The lowest BCUT2D eigenvalue weighted by Gasteiger charge is -2.38. The van der Waals surface area contributed by atoms with E-state index >= 15 is 0 Å². The zero-order valence-corrected chi connectivity index (χ0v) is 26.5. The highest BCUT2D eigenvalue weighted by Crippen LogP contribution is 2.53. The standard InChI is InChI=1S/C30H32Cl2N2O8S/c1-6-33(18(3)29(36)42-7-2)28(35)27-30(37,21-10-8-9-11-23(21)32)22-16-19(31)12-14-24(22)34(27)43(38,39)20-13-15-25(40-4)26(17-20)41-5/h8-18,27,37H,6-7H2,1-5H3/t18-,27?,30?/m0/s1. The lowest BCUT2D eigenvalue weighted by Crippen LogP contribution is -2.59. The molecule has 3 atom stereocenters. The number of fused-ring (bicyclic) bond motifs is 1. The molecule has 1 heterocycles. The quantitative estimate of drug-likeness (QED) is 0.315. The highest BCUT2D eigenvalue weighted by molar-refractivity contribution is 7.93. The van der Waals surface area contributed by atoms with Gasteiger partial charge in [-0.1, -0.05) is 41.4 Å². The van der Waals surface area contributed by atoms with Gasteiger partial charge in [-0.05, 0) is 57.2 Å². The van der Waals surface area contributed by atoms with Crippen LogP contribution in [0.2, 0.25) is 10.0 Å². The molecule has 10 nitrogen and oxygen atoms in total. The number of sulfonamides is 1. The second kappa shape index (κ2) is 12.6. The van der Waals surface area contributed by atoms with Crippen LogP contribution >= 0.6 is 23.2 Å². The third-order valence-electron chi connectivity index (χ3n) is 7.39.